The normalized spacial score (nSPS) is 11.0. The van der Waals surface area contributed by atoms with Gasteiger partial charge < -0.3 is 20.0 Å². The maximum Gasteiger partial charge on any atom is 0.332 e. The van der Waals surface area contributed by atoms with E-state index in [-0.39, 0.29) is 6.03 Å². The number of urea groups is 2. The van der Waals surface area contributed by atoms with Crippen LogP contribution in [-0.2, 0) is 4.43 Å². The van der Waals surface area contributed by atoms with Crippen LogP contribution >= 0.6 is 0 Å². The van der Waals surface area contributed by atoms with Gasteiger partial charge in [0.2, 0.25) is 0 Å². The van der Waals surface area contributed by atoms with Gasteiger partial charge in [-0.15, -0.1) is 0 Å². The van der Waals surface area contributed by atoms with Crippen molar-refractivity contribution in [2.75, 3.05) is 26.2 Å². The second-order valence-electron chi connectivity index (χ2n) is 6.88. The lowest BCUT2D eigenvalue weighted by atomic mass is 10.1. The van der Waals surface area contributed by atoms with E-state index in [1.54, 1.807) is 0 Å². The number of primary amides is 1. The van der Waals surface area contributed by atoms with Crippen molar-refractivity contribution < 1.29 is 14.0 Å². The highest BCUT2D eigenvalue weighted by Crippen LogP contribution is 2.10. The number of rotatable bonds is 18. The summed E-state index contributed by atoms with van der Waals surface area (Å²) >= 11 is 0. The Balaban J connectivity index is 3.38. The van der Waals surface area contributed by atoms with Crippen LogP contribution in [0.25, 0.3) is 0 Å². The maximum atomic E-state index is 12.1. The predicted octanol–water partition coefficient (Wildman–Crippen LogP) is 3.03. The van der Waals surface area contributed by atoms with E-state index >= 15 is 0 Å². The average Bonchev–Trinajstić information content (AvgIpc) is 2.64. The van der Waals surface area contributed by atoms with Crippen molar-refractivity contribution in [3.63, 3.8) is 0 Å². The van der Waals surface area contributed by atoms with Crippen LogP contribution in [0.2, 0.25) is 0 Å². The van der Waals surface area contributed by atoms with Crippen molar-refractivity contribution in [1.29, 1.82) is 0 Å². The smallest absolute Gasteiger partial charge is 0.332 e. The number of unbranched alkanes of at least 4 members (excludes halogenated alkanes) is 9. The molecular formula is C19H41N4O3Si. The number of nitrogens with zero attached hydrogens (tertiary/aromatic N) is 2. The first kappa shape index (κ1) is 25.7. The van der Waals surface area contributed by atoms with Crippen molar-refractivity contribution in [2.24, 2.45) is 5.73 Å². The summed E-state index contributed by atoms with van der Waals surface area (Å²) in [4.78, 5) is 22.6. The van der Waals surface area contributed by atoms with E-state index in [2.05, 4.69) is 17.6 Å². The molecule has 159 valence electrons. The van der Waals surface area contributed by atoms with Crippen LogP contribution in [-0.4, -0.2) is 52.8 Å². The second-order valence-corrected chi connectivity index (χ2v) is 8.31. The molecule has 27 heavy (non-hydrogen) atoms. The molecule has 0 unspecified atom stereocenters. The van der Waals surface area contributed by atoms with Crippen LogP contribution in [0.4, 0.5) is 9.59 Å². The maximum absolute atomic E-state index is 12.1. The van der Waals surface area contributed by atoms with Gasteiger partial charge in [-0.3, -0.25) is 0 Å². The van der Waals surface area contributed by atoms with E-state index in [1.165, 1.54) is 38.5 Å². The Hall–Kier alpha value is -1.28. The minimum absolute atomic E-state index is 0.0806. The Morgan fingerprint density at radius 3 is 2.04 bits per heavy atom. The molecule has 0 aliphatic rings. The minimum Gasteiger partial charge on any atom is -0.404 e. The number of carbonyl (C=O) groups is 2. The Labute approximate surface area is 168 Å². The zero-order chi connectivity index (χ0) is 20.2. The fourth-order valence-electron chi connectivity index (χ4n) is 2.82. The Kier molecular flexibility index (Phi) is 18.6. The number of hydrogen-bond donors (Lipinski definition) is 2. The fourth-order valence-corrected chi connectivity index (χ4v) is 3.88. The molecule has 1 radical (unpaired) electrons. The molecule has 0 aliphatic carbocycles. The topological polar surface area (TPSA) is 98.8 Å². The molecule has 4 amide bonds. The zero-order valence-corrected chi connectivity index (χ0v) is 18.9. The highest BCUT2D eigenvalue weighted by molar-refractivity contribution is 6.29. The van der Waals surface area contributed by atoms with Gasteiger partial charge in [-0.1, -0.05) is 58.3 Å². The van der Waals surface area contributed by atoms with Crippen LogP contribution in [0.5, 0.6) is 0 Å². The van der Waals surface area contributed by atoms with E-state index in [1.807, 2.05) is 11.5 Å². The highest BCUT2D eigenvalue weighted by atomic mass is 28.2. The van der Waals surface area contributed by atoms with E-state index in [0.717, 1.165) is 38.6 Å². The number of amides is 4. The third-order valence-electron chi connectivity index (χ3n) is 4.35. The average molecular weight is 402 g/mol. The molecule has 0 saturated heterocycles. The molecule has 0 heterocycles. The molecule has 0 aromatic heterocycles. The highest BCUT2D eigenvalue weighted by Gasteiger charge is 2.13. The van der Waals surface area contributed by atoms with Gasteiger partial charge in [-0.25, -0.2) is 14.9 Å². The Morgan fingerprint density at radius 2 is 1.52 bits per heavy atom. The summed E-state index contributed by atoms with van der Waals surface area (Å²) < 4.78 is 7.27. The van der Waals surface area contributed by atoms with Gasteiger partial charge in [0, 0.05) is 26.2 Å². The molecular weight excluding hydrogens is 360 g/mol. The van der Waals surface area contributed by atoms with E-state index < -0.39 is 16.0 Å². The first-order valence-electron chi connectivity index (χ1n) is 10.7. The van der Waals surface area contributed by atoms with Crippen LogP contribution in [0.3, 0.4) is 0 Å². The van der Waals surface area contributed by atoms with E-state index in [4.69, 9.17) is 10.2 Å². The molecule has 0 atom stereocenters. The molecule has 0 aliphatic heterocycles. The standard InChI is InChI=1S/C19H41N4O3Si/c1-3-17-23(27-26-4-2)19(25)22-16-14-12-10-8-6-5-7-9-11-13-15-21-18(20)24/h3-17,27H2,1-2H3,(H3,20,21,24). The molecule has 7 nitrogen and oxygen atoms in total. The molecule has 0 rings (SSSR count). The Morgan fingerprint density at radius 1 is 0.963 bits per heavy atom. The van der Waals surface area contributed by atoms with Crippen molar-refractivity contribution >= 4 is 22.0 Å². The third-order valence-corrected chi connectivity index (χ3v) is 5.84. The quantitative estimate of drug-likeness (QED) is 0.273. The number of nitrogens with one attached hydrogen (secondary N) is 1. The fraction of sp³-hybridized carbons (Fsp3) is 0.895. The van der Waals surface area contributed by atoms with Gasteiger partial charge in [0.15, 0.2) is 0 Å². The zero-order valence-electron chi connectivity index (χ0n) is 17.5. The van der Waals surface area contributed by atoms with Crippen LogP contribution < -0.4 is 16.4 Å². The molecule has 3 N–H and O–H groups in total. The van der Waals surface area contributed by atoms with Gasteiger partial charge in [-0.2, -0.15) is 0 Å². The summed E-state index contributed by atoms with van der Waals surface area (Å²) in [5.41, 5.74) is 5.01. The SMILES string of the molecule is CCCN([SiH2]OCC)C(=O)[N]CCCCCCCCCCCCNC(N)=O. The summed E-state index contributed by atoms with van der Waals surface area (Å²) in [5.74, 6) is 0. The van der Waals surface area contributed by atoms with Crippen LogP contribution in [0, 0.1) is 0 Å². The van der Waals surface area contributed by atoms with Crippen molar-refractivity contribution in [3.8, 4) is 0 Å². The minimum atomic E-state index is -0.934. The molecule has 0 spiro atoms. The summed E-state index contributed by atoms with van der Waals surface area (Å²) in [6, 6.07) is -0.513. The molecule has 0 bridgehead atoms. The number of nitrogens with two attached hydrogens (primary N) is 1. The van der Waals surface area contributed by atoms with Crippen molar-refractivity contribution in [3.05, 3.63) is 0 Å². The lowest BCUT2D eigenvalue weighted by Crippen LogP contribution is -2.40. The van der Waals surface area contributed by atoms with Crippen LogP contribution in [0.15, 0.2) is 0 Å². The third kappa shape index (κ3) is 17.9. The lowest BCUT2D eigenvalue weighted by molar-refractivity contribution is 0.213. The second kappa shape index (κ2) is 19.5. The molecule has 0 fully saturated rings. The van der Waals surface area contributed by atoms with Gasteiger partial charge in [0.1, 0.15) is 0 Å². The van der Waals surface area contributed by atoms with E-state index in [9.17, 15) is 9.59 Å². The van der Waals surface area contributed by atoms with Crippen molar-refractivity contribution in [1.82, 2.24) is 15.2 Å². The summed E-state index contributed by atoms with van der Waals surface area (Å²) in [6.07, 6.45) is 12.8. The molecule has 8 heteroatoms. The largest absolute Gasteiger partial charge is 0.404 e. The molecule has 0 aromatic carbocycles. The summed E-state index contributed by atoms with van der Waals surface area (Å²) in [5, 5.41) is 6.81. The van der Waals surface area contributed by atoms with Gasteiger partial charge >= 0.3 is 12.1 Å². The monoisotopic (exact) mass is 401 g/mol. The van der Waals surface area contributed by atoms with E-state index in [0.29, 0.717) is 19.7 Å². The number of carbonyl (C=O) groups excluding carboxylic acids is 2. The molecule has 0 saturated carbocycles. The first-order valence-corrected chi connectivity index (χ1v) is 11.9. The van der Waals surface area contributed by atoms with Crippen LogP contribution in [0.1, 0.15) is 84.5 Å². The van der Waals surface area contributed by atoms with Gasteiger partial charge in [0.05, 0.1) is 0 Å². The Bertz CT molecular complexity index is 373. The summed E-state index contributed by atoms with van der Waals surface area (Å²) in [7, 11) is -0.934. The summed E-state index contributed by atoms with van der Waals surface area (Å²) in [6.45, 7) is 6.79. The number of hydrogen-bond acceptors (Lipinski definition) is 3. The first-order chi connectivity index (χ1) is 13.1. The van der Waals surface area contributed by atoms with Gasteiger partial charge in [0.25, 0.3) is 9.92 Å². The van der Waals surface area contributed by atoms with Gasteiger partial charge in [-0.05, 0) is 26.2 Å². The van der Waals surface area contributed by atoms with Crippen molar-refractivity contribution in [2.45, 2.75) is 84.5 Å². The molecule has 0 aromatic rings. The predicted molar refractivity (Wildman–Crippen MR) is 113 cm³/mol. The lowest BCUT2D eigenvalue weighted by Gasteiger charge is -2.20.